The summed E-state index contributed by atoms with van der Waals surface area (Å²) in [6, 6.07) is 7.65. The fourth-order valence-electron chi connectivity index (χ4n) is 2.23. The van der Waals surface area contributed by atoms with Crippen LogP contribution in [0.1, 0.15) is 25.8 Å². The fourth-order valence-corrected chi connectivity index (χ4v) is 2.23. The minimum atomic E-state index is 0.0981. The SMILES string of the molecule is CC(C)CCN1CC(=O)N(C)c2ccc(C#N)cc21. The summed E-state index contributed by atoms with van der Waals surface area (Å²) in [4.78, 5) is 15.7. The quantitative estimate of drug-likeness (QED) is 0.835. The first-order valence-corrected chi connectivity index (χ1v) is 6.58. The summed E-state index contributed by atoms with van der Waals surface area (Å²) in [5, 5.41) is 9.01. The van der Waals surface area contributed by atoms with Crippen LogP contribution >= 0.6 is 0 Å². The molecule has 0 fully saturated rings. The molecule has 0 atom stereocenters. The van der Waals surface area contributed by atoms with Crippen LogP contribution in [0.4, 0.5) is 11.4 Å². The van der Waals surface area contributed by atoms with Crippen molar-refractivity contribution in [3.05, 3.63) is 23.8 Å². The smallest absolute Gasteiger partial charge is 0.246 e. The third-order valence-corrected chi connectivity index (χ3v) is 3.48. The second-order valence-corrected chi connectivity index (χ2v) is 5.37. The lowest BCUT2D eigenvalue weighted by atomic mass is 10.1. The Kier molecular flexibility index (Phi) is 3.75. The number of nitrogens with zero attached hydrogens (tertiary/aromatic N) is 3. The first kappa shape index (κ1) is 13.4. The zero-order valence-corrected chi connectivity index (χ0v) is 11.7. The van der Waals surface area contributed by atoms with Crippen molar-refractivity contribution in [2.75, 3.05) is 29.9 Å². The van der Waals surface area contributed by atoms with Gasteiger partial charge < -0.3 is 9.80 Å². The Labute approximate surface area is 114 Å². The number of likely N-dealkylation sites (N-methyl/N-ethyl adjacent to an activating group) is 1. The van der Waals surface area contributed by atoms with Crippen molar-refractivity contribution >= 4 is 17.3 Å². The predicted molar refractivity (Wildman–Crippen MR) is 76.2 cm³/mol. The number of fused-ring (bicyclic) bond motifs is 1. The van der Waals surface area contributed by atoms with E-state index >= 15 is 0 Å². The Hall–Kier alpha value is -2.02. The van der Waals surface area contributed by atoms with Crippen LogP contribution in [0.3, 0.4) is 0 Å². The second-order valence-electron chi connectivity index (χ2n) is 5.37. The molecule has 0 bridgehead atoms. The van der Waals surface area contributed by atoms with Crippen LogP contribution in [0, 0.1) is 17.2 Å². The molecule has 0 radical (unpaired) electrons. The molecule has 4 nitrogen and oxygen atoms in total. The van der Waals surface area contributed by atoms with Gasteiger partial charge in [0.05, 0.1) is 29.6 Å². The zero-order chi connectivity index (χ0) is 14.0. The monoisotopic (exact) mass is 257 g/mol. The number of benzene rings is 1. The van der Waals surface area contributed by atoms with Gasteiger partial charge >= 0.3 is 0 Å². The molecule has 1 aromatic rings. The molecule has 0 unspecified atom stereocenters. The number of hydrogen-bond acceptors (Lipinski definition) is 3. The largest absolute Gasteiger partial charge is 0.360 e. The molecule has 100 valence electrons. The third kappa shape index (κ3) is 2.70. The van der Waals surface area contributed by atoms with Crippen LogP contribution < -0.4 is 9.80 Å². The molecule has 1 heterocycles. The number of anilines is 2. The van der Waals surface area contributed by atoms with Gasteiger partial charge in [-0.15, -0.1) is 0 Å². The average Bonchev–Trinajstić information content (AvgIpc) is 2.40. The summed E-state index contributed by atoms with van der Waals surface area (Å²) in [6.07, 6.45) is 1.03. The Morgan fingerprint density at radius 3 is 2.74 bits per heavy atom. The van der Waals surface area contributed by atoms with E-state index in [0.29, 0.717) is 18.0 Å². The van der Waals surface area contributed by atoms with Crippen molar-refractivity contribution < 1.29 is 4.79 Å². The highest BCUT2D eigenvalue weighted by Gasteiger charge is 2.26. The first-order valence-electron chi connectivity index (χ1n) is 6.58. The summed E-state index contributed by atoms with van der Waals surface area (Å²) in [5.41, 5.74) is 2.51. The van der Waals surface area contributed by atoms with E-state index in [1.165, 1.54) is 0 Å². The van der Waals surface area contributed by atoms with Crippen molar-refractivity contribution in [2.24, 2.45) is 5.92 Å². The molecule has 0 saturated heterocycles. The van der Waals surface area contributed by atoms with Crippen LogP contribution in [0.5, 0.6) is 0 Å². The van der Waals surface area contributed by atoms with E-state index in [2.05, 4.69) is 24.8 Å². The van der Waals surface area contributed by atoms with Gasteiger partial charge in [0.1, 0.15) is 0 Å². The predicted octanol–water partition coefficient (Wildman–Crippen LogP) is 2.39. The molecule has 4 heteroatoms. The van der Waals surface area contributed by atoms with E-state index in [9.17, 15) is 4.79 Å². The Bertz CT molecular complexity index is 531. The molecule has 0 spiro atoms. The highest BCUT2D eigenvalue weighted by Crippen LogP contribution is 2.33. The molecule has 1 aliphatic rings. The summed E-state index contributed by atoms with van der Waals surface area (Å²) >= 11 is 0. The lowest BCUT2D eigenvalue weighted by molar-refractivity contribution is -0.117. The van der Waals surface area contributed by atoms with Crippen LogP contribution in [-0.2, 0) is 4.79 Å². The van der Waals surface area contributed by atoms with E-state index in [0.717, 1.165) is 24.3 Å². The topological polar surface area (TPSA) is 47.3 Å². The Morgan fingerprint density at radius 2 is 2.11 bits per heavy atom. The summed E-state index contributed by atoms with van der Waals surface area (Å²) < 4.78 is 0. The molecule has 0 N–H and O–H groups in total. The number of amides is 1. The molecule has 2 rings (SSSR count). The third-order valence-electron chi connectivity index (χ3n) is 3.48. The Morgan fingerprint density at radius 1 is 1.37 bits per heavy atom. The standard InChI is InChI=1S/C15H19N3O/c1-11(2)6-7-18-10-15(19)17(3)13-5-4-12(9-16)8-14(13)18/h4-5,8,11H,6-7,10H2,1-3H3. The number of carbonyl (C=O) groups excluding carboxylic acids is 1. The van der Waals surface area contributed by atoms with Crippen molar-refractivity contribution in [1.82, 2.24) is 0 Å². The van der Waals surface area contributed by atoms with Crippen LogP contribution in [0.15, 0.2) is 18.2 Å². The lowest BCUT2D eigenvalue weighted by Gasteiger charge is -2.36. The van der Waals surface area contributed by atoms with Gasteiger partial charge in [-0.05, 0) is 30.5 Å². The van der Waals surface area contributed by atoms with Gasteiger partial charge in [-0.25, -0.2) is 0 Å². The Balaban J connectivity index is 2.35. The molecule has 1 aliphatic heterocycles. The fraction of sp³-hybridized carbons (Fsp3) is 0.467. The second kappa shape index (κ2) is 5.31. The number of nitriles is 1. The number of rotatable bonds is 3. The van der Waals surface area contributed by atoms with Gasteiger partial charge in [0.15, 0.2) is 0 Å². The van der Waals surface area contributed by atoms with Gasteiger partial charge in [0, 0.05) is 13.6 Å². The normalized spacial score (nSPS) is 14.6. The van der Waals surface area contributed by atoms with Crippen LogP contribution in [0.2, 0.25) is 0 Å². The zero-order valence-electron chi connectivity index (χ0n) is 11.7. The highest BCUT2D eigenvalue weighted by atomic mass is 16.2. The molecule has 1 amide bonds. The average molecular weight is 257 g/mol. The molecule has 0 aliphatic carbocycles. The molecule has 1 aromatic carbocycles. The van der Waals surface area contributed by atoms with Crippen LogP contribution in [-0.4, -0.2) is 26.0 Å². The van der Waals surface area contributed by atoms with Gasteiger partial charge in [-0.2, -0.15) is 5.26 Å². The van der Waals surface area contributed by atoms with Crippen molar-refractivity contribution in [1.29, 1.82) is 5.26 Å². The molecule has 0 saturated carbocycles. The minimum absolute atomic E-state index is 0.0981. The van der Waals surface area contributed by atoms with E-state index in [1.807, 2.05) is 12.1 Å². The maximum atomic E-state index is 12.0. The van der Waals surface area contributed by atoms with Gasteiger partial charge in [0.25, 0.3) is 0 Å². The minimum Gasteiger partial charge on any atom is -0.360 e. The maximum absolute atomic E-state index is 12.0. The molecular formula is C15H19N3O. The summed E-state index contributed by atoms with van der Waals surface area (Å²) in [7, 11) is 1.78. The van der Waals surface area contributed by atoms with Crippen molar-refractivity contribution in [2.45, 2.75) is 20.3 Å². The summed E-state index contributed by atoms with van der Waals surface area (Å²) in [5.74, 6) is 0.693. The van der Waals surface area contributed by atoms with E-state index in [-0.39, 0.29) is 5.91 Å². The maximum Gasteiger partial charge on any atom is 0.246 e. The van der Waals surface area contributed by atoms with Crippen molar-refractivity contribution in [3.8, 4) is 6.07 Å². The van der Waals surface area contributed by atoms with Crippen LogP contribution in [0.25, 0.3) is 0 Å². The van der Waals surface area contributed by atoms with Gasteiger partial charge in [-0.3, -0.25) is 4.79 Å². The lowest BCUT2D eigenvalue weighted by Crippen LogP contribution is -2.44. The summed E-state index contributed by atoms with van der Waals surface area (Å²) in [6.45, 7) is 5.58. The van der Waals surface area contributed by atoms with E-state index in [4.69, 9.17) is 5.26 Å². The number of carbonyl (C=O) groups is 1. The van der Waals surface area contributed by atoms with E-state index < -0.39 is 0 Å². The van der Waals surface area contributed by atoms with E-state index in [1.54, 1.807) is 18.0 Å². The van der Waals surface area contributed by atoms with Gasteiger partial charge in [-0.1, -0.05) is 13.8 Å². The highest BCUT2D eigenvalue weighted by molar-refractivity contribution is 6.02. The number of hydrogen-bond donors (Lipinski definition) is 0. The van der Waals surface area contributed by atoms with Crippen molar-refractivity contribution in [3.63, 3.8) is 0 Å². The molecule has 0 aromatic heterocycles. The van der Waals surface area contributed by atoms with Gasteiger partial charge in [0.2, 0.25) is 5.91 Å². The first-order chi connectivity index (χ1) is 9.02. The molecule has 19 heavy (non-hydrogen) atoms. The molecular weight excluding hydrogens is 238 g/mol.